The second-order valence-electron chi connectivity index (χ2n) is 7.29. The number of rotatable bonds is 6. The number of hydrogen-bond donors (Lipinski definition) is 1. The Labute approximate surface area is 160 Å². The van der Waals surface area contributed by atoms with Crippen LogP contribution in [-0.4, -0.2) is 56.2 Å². The van der Waals surface area contributed by atoms with Crippen molar-refractivity contribution in [2.45, 2.75) is 55.6 Å². The molecule has 1 aliphatic heterocycles. The Morgan fingerprint density at radius 1 is 1.19 bits per heavy atom. The molecular weight excluding hydrogens is 370 g/mol. The van der Waals surface area contributed by atoms with Gasteiger partial charge in [0.2, 0.25) is 10.0 Å². The lowest BCUT2D eigenvalue weighted by Crippen LogP contribution is -2.41. The first-order valence-corrected chi connectivity index (χ1v) is 10.9. The van der Waals surface area contributed by atoms with Crippen LogP contribution >= 0.6 is 0 Å². The smallest absolute Gasteiger partial charge is 0.324 e. The van der Waals surface area contributed by atoms with E-state index in [-0.39, 0.29) is 17.9 Å². The van der Waals surface area contributed by atoms with Crippen LogP contribution in [0.1, 0.15) is 38.5 Å². The van der Waals surface area contributed by atoms with Crippen molar-refractivity contribution in [1.82, 2.24) is 4.31 Å². The molecule has 1 N–H and O–H groups in total. The van der Waals surface area contributed by atoms with Gasteiger partial charge in [-0.1, -0.05) is 19.3 Å². The van der Waals surface area contributed by atoms with Crippen LogP contribution in [0.4, 0.5) is 0 Å². The van der Waals surface area contributed by atoms with Crippen LogP contribution in [0.2, 0.25) is 0 Å². The zero-order chi connectivity index (χ0) is 19.4. The third-order valence-corrected chi connectivity index (χ3v) is 7.24. The highest BCUT2D eigenvalue weighted by Crippen LogP contribution is 2.29. The lowest BCUT2D eigenvalue weighted by Gasteiger charge is -2.23. The van der Waals surface area contributed by atoms with Gasteiger partial charge in [-0.25, -0.2) is 8.42 Å². The first-order chi connectivity index (χ1) is 12.9. The molecule has 0 unspecified atom stereocenters. The molecule has 27 heavy (non-hydrogen) atoms. The summed E-state index contributed by atoms with van der Waals surface area (Å²) >= 11 is 0. The summed E-state index contributed by atoms with van der Waals surface area (Å²) < 4.78 is 37.3. The summed E-state index contributed by atoms with van der Waals surface area (Å²) in [5, 5.41) is 9.83. The second-order valence-corrected chi connectivity index (χ2v) is 9.18. The summed E-state index contributed by atoms with van der Waals surface area (Å²) in [6.07, 6.45) is 5.29. The summed E-state index contributed by atoms with van der Waals surface area (Å²) in [6.45, 7) is 0.525. The number of β-amino-alcohol motifs (C(OH)–C–C–N with tert-alkyl or cyclic N) is 1. The molecule has 2 atom stereocenters. The third-order valence-electron chi connectivity index (χ3n) is 5.35. The number of nitrogens with zero attached hydrogens (tertiary/aromatic N) is 1. The van der Waals surface area contributed by atoms with Gasteiger partial charge in [0.15, 0.2) is 0 Å². The van der Waals surface area contributed by atoms with Crippen LogP contribution in [0.25, 0.3) is 0 Å². The van der Waals surface area contributed by atoms with E-state index >= 15 is 0 Å². The molecule has 2 aliphatic rings. The standard InChI is InChI=1S/C19H27NO6S/c1-25-19(22)18-11-15(21)12-20(18)27(23,24)17-9-7-16(8-10-17)26-13-14-5-3-2-4-6-14/h7-10,14-15,18,21H,2-6,11-13H2,1H3/t15-,18+/m1/s1. The van der Waals surface area contributed by atoms with Gasteiger partial charge >= 0.3 is 5.97 Å². The number of esters is 1. The monoisotopic (exact) mass is 397 g/mol. The molecule has 0 amide bonds. The lowest BCUT2D eigenvalue weighted by atomic mass is 9.90. The first kappa shape index (κ1) is 20.1. The van der Waals surface area contributed by atoms with Crippen LogP contribution in [0.3, 0.4) is 0 Å². The van der Waals surface area contributed by atoms with Crippen molar-refractivity contribution in [1.29, 1.82) is 0 Å². The van der Waals surface area contributed by atoms with Crippen molar-refractivity contribution in [2.75, 3.05) is 20.3 Å². The molecule has 1 aromatic rings. The maximum atomic E-state index is 12.9. The Bertz CT molecular complexity index is 742. The van der Waals surface area contributed by atoms with Crippen molar-refractivity contribution in [3.8, 4) is 5.75 Å². The molecule has 3 rings (SSSR count). The fourth-order valence-corrected chi connectivity index (χ4v) is 5.44. The van der Waals surface area contributed by atoms with Gasteiger partial charge in [-0.2, -0.15) is 4.31 Å². The third kappa shape index (κ3) is 4.62. The highest BCUT2D eigenvalue weighted by Gasteiger charge is 2.44. The molecule has 7 nitrogen and oxygen atoms in total. The van der Waals surface area contributed by atoms with E-state index in [1.54, 1.807) is 12.1 Å². The van der Waals surface area contributed by atoms with Crippen molar-refractivity contribution in [3.05, 3.63) is 24.3 Å². The van der Waals surface area contributed by atoms with Crippen LogP contribution in [0.15, 0.2) is 29.2 Å². The van der Waals surface area contributed by atoms with E-state index in [1.165, 1.54) is 51.3 Å². The zero-order valence-corrected chi connectivity index (χ0v) is 16.4. The molecular formula is C19H27NO6S. The topological polar surface area (TPSA) is 93.1 Å². The Kier molecular flexibility index (Phi) is 6.39. The molecule has 1 heterocycles. The normalized spacial score (nSPS) is 24.7. The second kappa shape index (κ2) is 8.58. The predicted octanol–water partition coefficient (Wildman–Crippen LogP) is 1.94. The summed E-state index contributed by atoms with van der Waals surface area (Å²) in [7, 11) is -2.71. The number of hydrogen-bond acceptors (Lipinski definition) is 6. The van der Waals surface area contributed by atoms with Crippen molar-refractivity contribution < 1.29 is 27.8 Å². The zero-order valence-electron chi connectivity index (χ0n) is 15.5. The number of benzene rings is 1. The van der Waals surface area contributed by atoms with Gasteiger partial charge in [-0.3, -0.25) is 4.79 Å². The molecule has 2 fully saturated rings. The van der Waals surface area contributed by atoms with Crippen LogP contribution < -0.4 is 4.74 Å². The fraction of sp³-hybridized carbons (Fsp3) is 0.632. The number of ether oxygens (including phenoxy) is 2. The summed E-state index contributed by atoms with van der Waals surface area (Å²) in [5.41, 5.74) is 0. The van der Waals surface area contributed by atoms with Gasteiger partial charge < -0.3 is 14.6 Å². The molecule has 0 bridgehead atoms. The summed E-state index contributed by atoms with van der Waals surface area (Å²) in [5.74, 6) is 0.530. The molecule has 0 spiro atoms. The Morgan fingerprint density at radius 3 is 2.48 bits per heavy atom. The molecule has 1 aromatic carbocycles. The maximum absolute atomic E-state index is 12.9. The molecule has 0 radical (unpaired) electrons. The minimum Gasteiger partial charge on any atom is -0.493 e. The van der Waals surface area contributed by atoms with Crippen LogP contribution in [-0.2, 0) is 19.6 Å². The van der Waals surface area contributed by atoms with Crippen molar-refractivity contribution >= 4 is 16.0 Å². The SMILES string of the molecule is COC(=O)[C@@H]1C[C@@H](O)CN1S(=O)(=O)c1ccc(OCC2CCCCC2)cc1. The minimum absolute atomic E-state index is 0.0362. The lowest BCUT2D eigenvalue weighted by molar-refractivity contribution is -0.144. The van der Waals surface area contributed by atoms with E-state index < -0.39 is 28.1 Å². The van der Waals surface area contributed by atoms with Crippen LogP contribution in [0, 0.1) is 5.92 Å². The average molecular weight is 397 g/mol. The number of methoxy groups -OCH3 is 1. The van der Waals surface area contributed by atoms with Crippen molar-refractivity contribution in [2.24, 2.45) is 5.92 Å². The summed E-state index contributed by atoms with van der Waals surface area (Å²) in [6, 6.07) is 5.22. The first-order valence-electron chi connectivity index (χ1n) is 9.42. The number of aliphatic hydroxyl groups is 1. The maximum Gasteiger partial charge on any atom is 0.324 e. The molecule has 1 saturated carbocycles. The summed E-state index contributed by atoms with van der Waals surface area (Å²) in [4.78, 5) is 11.9. The van der Waals surface area contributed by atoms with Gasteiger partial charge in [0, 0.05) is 13.0 Å². The highest BCUT2D eigenvalue weighted by atomic mass is 32.2. The van der Waals surface area contributed by atoms with E-state index in [4.69, 9.17) is 4.74 Å². The van der Waals surface area contributed by atoms with E-state index in [0.717, 1.165) is 4.31 Å². The van der Waals surface area contributed by atoms with E-state index in [9.17, 15) is 18.3 Å². The number of sulfonamides is 1. The van der Waals surface area contributed by atoms with Gasteiger partial charge in [-0.15, -0.1) is 0 Å². The molecule has 150 valence electrons. The van der Waals surface area contributed by atoms with Crippen molar-refractivity contribution in [3.63, 3.8) is 0 Å². The number of carbonyl (C=O) groups excluding carboxylic acids is 1. The van der Waals surface area contributed by atoms with Gasteiger partial charge in [0.05, 0.1) is 24.7 Å². The number of aliphatic hydroxyl groups excluding tert-OH is 1. The average Bonchev–Trinajstić information content (AvgIpc) is 3.09. The Morgan fingerprint density at radius 2 is 1.85 bits per heavy atom. The predicted molar refractivity (Wildman–Crippen MR) is 98.8 cm³/mol. The Balaban J connectivity index is 1.68. The highest BCUT2D eigenvalue weighted by molar-refractivity contribution is 7.89. The van der Waals surface area contributed by atoms with Crippen LogP contribution in [0.5, 0.6) is 5.75 Å². The van der Waals surface area contributed by atoms with Gasteiger partial charge in [0.1, 0.15) is 11.8 Å². The van der Waals surface area contributed by atoms with Gasteiger partial charge in [-0.05, 0) is 43.0 Å². The molecule has 8 heteroatoms. The largest absolute Gasteiger partial charge is 0.493 e. The van der Waals surface area contributed by atoms with E-state index in [0.29, 0.717) is 18.3 Å². The quantitative estimate of drug-likeness (QED) is 0.738. The molecule has 1 saturated heterocycles. The Hall–Kier alpha value is -1.64. The van der Waals surface area contributed by atoms with E-state index in [1.807, 2.05) is 0 Å². The van der Waals surface area contributed by atoms with E-state index in [2.05, 4.69) is 4.74 Å². The number of carbonyl (C=O) groups is 1. The molecule has 1 aliphatic carbocycles. The molecule has 0 aromatic heterocycles. The minimum atomic E-state index is -3.91. The van der Waals surface area contributed by atoms with Gasteiger partial charge in [0.25, 0.3) is 0 Å². The fourth-order valence-electron chi connectivity index (χ4n) is 3.81.